The van der Waals surface area contributed by atoms with E-state index >= 15 is 0 Å². The molecule has 4 rings (SSSR count). The van der Waals surface area contributed by atoms with Gasteiger partial charge in [0.15, 0.2) is 0 Å². The van der Waals surface area contributed by atoms with Crippen LogP contribution in [0.5, 0.6) is 0 Å². The molecule has 4 aliphatic carbocycles. The molecule has 0 unspecified atom stereocenters. The zero-order valence-corrected chi connectivity index (χ0v) is 19.7. The molecule has 2 heteroatoms. The van der Waals surface area contributed by atoms with Crippen molar-refractivity contribution in [3.63, 3.8) is 0 Å². The number of aliphatic hydroxyl groups is 2. The minimum absolute atomic E-state index is 0.108. The predicted molar refractivity (Wildman–Crippen MR) is 120 cm³/mol. The number of aliphatic hydroxyl groups excluding tert-OH is 2. The Balaban J connectivity index is 1.51. The zero-order valence-electron chi connectivity index (χ0n) is 19.7. The Hall–Kier alpha value is -0.340. The van der Waals surface area contributed by atoms with Crippen molar-refractivity contribution in [2.24, 2.45) is 46.3 Å². The molecule has 0 bridgehead atoms. The average molecular weight is 403 g/mol. The summed E-state index contributed by atoms with van der Waals surface area (Å²) in [6.07, 6.45) is 14.1. The van der Waals surface area contributed by atoms with E-state index in [1.165, 1.54) is 38.5 Å². The lowest BCUT2D eigenvalue weighted by Gasteiger charge is -2.58. The monoisotopic (exact) mass is 402 g/mol. The number of rotatable bonds is 5. The van der Waals surface area contributed by atoms with Crippen LogP contribution in [0.15, 0.2) is 11.6 Å². The minimum Gasteiger partial charge on any atom is -0.393 e. The SMILES string of the molecule is CC(C)CC[C@H](O)[C@H](C)[C@H]1CC[C@@H]2[C@H]3CC=C4C[C@@H](O)CC[C@]4(C)[C@@H]3CC[C@]12C. The molecule has 0 spiro atoms. The molecule has 3 fully saturated rings. The summed E-state index contributed by atoms with van der Waals surface area (Å²) in [6, 6.07) is 0. The molecule has 29 heavy (non-hydrogen) atoms. The van der Waals surface area contributed by atoms with E-state index in [0.717, 1.165) is 43.4 Å². The smallest absolute Gasteiger partial charge is 0.0577 e. The van der Waals surface area contributed by atoms with Gasteiger partial charge in [-0.25, -0.2) is 0 Å². The molecule has 0 radical (unpaired) electrons. The van der Waals surface area contributed by atoms with Crippen LogP contribution >= 0.6 is 0 Å². The van der Waals surface area contributed by atoms with Crippen LogP contribution in [-0.2, 0) is 0 Å². The molecule has 3 saturated carbocycles. The maximum Gasteiger partial charge on any atom is 0.0577 e. The molecule has 9 atom stereocenters. The zero-order chi connectivity index (χ0) is 21.0. The lowest BCUT2D eigenvalue weighted by molar-refractivity contribution is -0.0681. The molecule has 0 heterocycles. The maximum absolute atomic E-state index is 11.0. The van der Waals surface area contributed by atoms with Crippen LogP contribution in [-0.4, -0.2) is 22.4 Å². The molecule has 0 amide bonds. The van der Waals surface area contributed by atoms with E-state index in [4.69, 9.17) is 0 Å². The highest BCUT2D eigenvalue weighted by molar-refractivity contribution is 5.25. The first-order valence-electron chi connectivity index (χ1n) is 12.7. The Labute approximate surface area is 179 Å². The van der Waals surface area contributed by atoms with Crippen molar-refractivity contribution in [1.82, 2.24) is 0 Å². The molecule has 0 aromatic heterocycles. The highest BCUT2D eigenvalue weighted by atomic mass is 16.3. The van der Waals surface area contributed by atoms with Gasteiger partial charge in [0.2, 0.25) is 0 Å². The van der Waals surface area contributed by atoms with Gasteiger partial charge in [-0.3, -0.25) is 0 Å². The quantitative estimate of drug-likeness (QED) is 0.525. The normalized spacial score (nSPS) is 46.5. The summed E-state index contributed by atoms with van der Waals surface area (Å²) >= 11 is 0. The van der Waals surface area contributed by atoms with E-state index in [1.54, 1.807) is 5.57 Å². The maximum atomic E-state index is 11.0. The van der Waals surface area contributed by atoms with Crippen LogP contribution < -0.4 is 0 Å². The summed E-state index contributed by atoms with van der Waals surface area (Å²) in [5.74, 6) is 4.25. The summed E-state index contributed by atoms with van der Waals surface area (Å²) in [5, 5.41) is 21.2. The number of hydrogen-bond donors (Lipinski definition) is 2. The van der Waals surface area contributed by atoms with Gasteiger partial charge >= 0.3 is 0 Å². The summed E-state index contributed by atoms with van der Waals surface area (Å²) in [7, 11) is 0. The van der Waals surface area contributed by atoms with Crippen LogP contribution in [0.2, 0.25) is 0 Å². The van der Waals surface area contributed by atoms with Gasteiger partial charge in [0.1, 0.15) is 0 Å². The fourth-order valence-corrected chi connectivity index (χ4v) is 8.58. The van der Waals surface area contributed by atoms with Gasteiger partial charge in [0.05, 0.1) is 12.2 Å². The number of allylic oxidation sites excluding steroid dienone is 1. The van der Waals surface area contributed by atoms with Gasteiger partial charge in [0, 0.05) is 0 Å². The van der Waals surface area contributed by atoms with Gasteiger partial charge in [-0.15, -0.1) is 0 Å². The van der Waals surface area contributed by atoms with Crippen LogP contribution in [0.25, 0.3) is 0 Å². The van der Waals surface area contributed by atoms with Crippen molar-refractivity contribution in [3.05, 3.63) is 11.6 Å². The molecule has 0 aliphatic heterocycles. The first-order chi connectivity index (χ1) is 13.7. The molecule has 2 nitrogen and oxygen atoms in total. The third-order valence-electron chi connectivity index (χ3n) is 10.4. The van der Waals surface area contributed by atoms with Gasteiger partial charge in [-0.05, 0) is 111 Å². The molecule has 2 N–H and O–H groups in total. The standard InChI is InChI=1S/C27H46O2/c1-17(2)6-11-25(29)18(3)22-9-10-23-21-8-7-19-16-20(28)12-14-26(19,4)24(21)13-15-27(22,23)5/h7,17-18,20-25,28-29H,6,8-16H2,1-5H3/t18-,20+,21-,22-,23-,24-,25+,26+,27-/m1/s1. The van der Waals surface area contributed by atoms with Crippen molar-refractivity contribution < 1.29 is 10.2 Å². The second-order valence-electron chi connectivity index (χ2n) is 12.3. The molecule has 4 aliphatic rings. The minimum atomic E-state index is -0.133. The van der Waals surface area contributed by atoms with Crippen molar-refractivity contribution in [3.8, 4) is 0 Å². The Kier molecular flexibility index (Phi) is 6.01. The van der Waals surface area contributed by atoms with Crippen molar-refractivity contribution in [2.75, 3.05) is 0 Å². The highest BCUT2D eigenvalue weighted by Crippen LogP contribution is 2.67. The van der Waals surface area contributed by atoms with E-state index in [-0.39, 0.29) is 12.2 Å². The molecule has 166 valence electrons. The predicted octanol–water partition coefficient (Wildman–Crippen LogP) is 6.36. The second kappa shape index (κ2) is 7.97. The average Bonchev–Trinajstić information content (AvgIpc) is 3.03. The summed E-state index contributed by atoms with van der Waals surface area (Å²) in [4.78, 5) is 0. The fraction of sp³-hybridized carbons (Fsp3) is 0.926. The van der Waals surface area contributed by atoms with Crippen LogP contribution in [0, 0.1) is 46.3 Å². The van der Waals surface area contributed by atoms with Gasteiger partial charge < -0.3 is 10.2 Å². The van der Waals surface area contributed by atoms with E-state index in [1.807, 2.05) is 0 Å². The van der Waals surface area contributed by atoms with Crippen molar-refractivity contribution in [1.29, 1.82) is 0 Å². The Morgan fingerprint density at radius 3 is 2.48 bits per heavy atom. The van der Waals surface area contributed by atoms with Gasteiger partial charge in [0.25, 0.3) is 0 Å². The summed E-state index contributed by atoms with van der Waals surface area (Å²) in [6.45, 7) is 12.0. The van der Waals surface area contributed by atoms with Crippen molar-refractivity contribution >= 4 is 0 Å². The highest BCUT2D eigenvalue weighted by Gasteiger charge is 2.59. The third-order valence-corrected chi connectivity index (χ3v) is 10.4. The lowest BCUT2D eigenvalue weighted by atomic mass is 9.47. The molecular formula is C27H46O2. The summed E-state index contributed by atoms with van der Waals surface area (Å²) in [5.41, 5.74) is 2.33. The summed E-state index contributed by atoms with van der Waals surface area (Å²) < 4.78 is 0. The lowest BCUT2D eigenvalue weighted by Crippen LogP contribution is -2.51. The molecule has 0 saturated heterocycles. The third kappa shape index (κ3) is 3.65. The van der Waals surface area contributed by atoms with Crippen LogP contribution in [0.4, 0.5) is 0 Å². The van der Waals surface area contributed by atoms with E-state index in [0.29, 0.717) is 28.6 Å². The number of fused-ring (bicyclic) bond motifs is 5. The topological polar surface area (TPSA) is 40.5 Å². The van der Waals surface area contributed by atoms with Gasteiger partial charge in [-0.1, -0.05) is 46.3 Å². The van der Waals surface area contributed by atoms with Crippen LogP contribution in [0.3, 0.4) is 0 Å². The Morgan fingerprint density at radius 1 is 1.00 bits per heavy atom. The molecule has 0 aromatic carbocycles. The molecular weight excluding hydrogens is 356 g/mol. The number of hydrogen-bond acceptors (Lipinski definition) is 2. The van der Waals surface area contributed by atoms with Gasteiger partial charge in [-0.2, -0.15) is 0 Å². The van der Waals surface area contributed by atoms with Crippen molar-refractivity contribution in [2.45, 2.75) is 111 Å². The largest absolute Gasteiger partial charge is 0.393 e. The Bertz CT molecular complexity index is 624. The first-order valence-corrected chi connectivity index (χ1v) is 12.7. The van der Waals surface area contributed by atoms with Crippen LogP contribution in [0.1, 0.15) is 98.8 Å². The van der Waals surface area contributed by atoms with E-state index in [2.05, 4.69) is 40.7 Å². The Morgan fingerprint density at radius 2 is 1.76 bits per heavy atom. The second-order valence-corrected chi connectivity index (χ2v) is 12.3. The van der Waals surface area contributed by atoms with E-state index in [9.17, 15) is 10.2 Å². The molecule has 0 aromatic rings. The fourth-order valence-electron chi connectivity index (χ4n) is 8.58. The van der Waals surface area contributed by atoms with E-state index < -0.39 is 0 Å². The first kappa shape index (κ1) is 21.9.